The minimum atomic E-state index is -0.718. The van der Waals surface area contributed by atoms with Crippen LogP contribution in [0.5, 0.6) is 0 Å². The van der Waals surface area contributed by atoms with Crippen LogP contribution in [0.15, 0.2) is 30.3 Å². The fraction of sp³-hybridized carbons (Fsp3) is 0.500. The summed E-state index contributed by atoms with van der Waals surface area (Å²) in [5.74, 6) is -0.677. The zero-order valence-electron chi connectivity index (χ0n) is 12.4. The molecule has 0 spiro atoms. The molecule has 0 saturated heterocycles. The van der Waals surface area contributed by atoms with Gasteiger partial charge in [-0.15, -0.1) is 0 Å². The molecule has 20 heavy (non-hydrogen) atoms. The highest BCUT2D eigenvalue weighted by atomic mass is 16.5. The largest absolute Gasteiger partial charge is 0.449 e. The molecule has 1 unspecified atom stereocenters. The molecule has 0 saturated carbocycles. The summed E-state index contributed by atoms with van der Waals surface area (Å²) >= 11 is 0. The Bertz CT molecular complexity index is 429. The maximum atomic E-state index is 12.0. The van der Waals surface area contributed by atoms with Crippen molar-refractivity contribution in [3.05, 3.63) is 35.9 Å². The normalized spacial score (nSPS) is 12.0. The number of rotatable bonds is 7. The Labute approximate surface area is 120 Å². The predicted octanol–water partition coefficient (Wildman–Crippen LogP) is 2.93. The highest BCUT2D eigenvalue weighted by Crippen LogP contribution is 2.10. The van der Waals surface area contributed by atoms with Crippen molar-refractivity contribution in [1.29, 1.82) is 0 Å². The van der Waals surface area contributed by atoms with E-state index in [1.165, 1.54) is 0 Å². The Hall–Kier alpha value is -1.84. The summed E-state index contributed by atoms with van der Waals surface area (Å²) in [7, 11) is 0. The fourth-order valence-electron chi connectivity index (χ4n) is 1.78. The molecule has 0 heterocycles. The van der Waals surface area contributed by atoms with Gasteiger partial charge in [-0.05, 0) is 38.8 Å². The number of nitrogens with one attached hydrogen (secondary N) is 1. The first-order chi connectivity index (χ1) is 9.54. The Kier molecular flexibility index (Phi) is 6.77. The highest BCUT2D eigenvalue weighted by Gasteiger charge is 2.23. The molecule has 1 aromatic carbocycles. The maximum Gasteiger partial charge on any atom is 0.338 e. The van der Waals surface area contributed by atoms with Gasteiger partial charge in [0.2, 0.25) is 0 Å². The van der Waals surface area contributed by atoms with E-state index in [-0.39, 0.29) is 11.9 Å². The smallest absolute Gasteiger partial charge is 0.338 e. The van der Waals surface area contributed by atoms with E-state index in [1.54, 1.807) is 24.3 Å². The Morgan fingerprint density at radius 3 is 2.40 bits per heavy atom. The molecule has 0 aliphatic carbocycles. The third kappa shape index (κ3) is 5.43. The molecule has 110 valence electrons. The minimum Gasteiger partial charge on any atom is -0.449 e. The Morgan fingerprint density at radius 2 is 1.85 bits per heavy atom. The van der Waals surface area contributed by atoms with E-state index < -0.39 is 12.1 Å². The zero-order chi connectivity index (χ0) is 15.0. The van der Waals surface area contributed by atoms with Gasteiger partial charge in [-0.1, -0.05) is 31.5 Å². The molecule has 0 aliphatic heterocycles. The Morgan fingerprint density at radius 1 is 1.20 bits per heavy atom. The summed E-state index contributed by atoms with van der Waals surface area (Å²) < 4.78 is 5.35. The summed E-state index contributed by atoms with van der Waals surface area (Å²) in [6.07, 6.45) is 1.63. The van der Waals surface area contributed by atoms with Gasteiger partial charge < -0.3 is 10.1 Å². The molecule has 0 aliphatic rings. The molecular weight excluding hydrogens is 254 g/mol. The van der Waals surface area contributed by atoms with Gasteiger partial charge in [0.25, 0.3) is 5.91 Å². The monoisotopic (exact) mass is 277 g/mol. The van der Waals surface area contributed by atoms with Crippen LogP contribution in [0, 0.1) is 0 Å². The number of esters is 1. The van der Waals surface area contributed by atoms with E-state index in [2.05, 4.69) is 5.32 Å². The van der Waals surface area contributed by atoms with Gasteiger partial charge in [0.05, 0.1) is 5.56 Å². The van der Waals surface area contributed by atoms with Gasteiger partial charge in [-0.25, -0.2) is 4.79 Å². The average molecular weight is 277 g/mol. The SMILES string of the molecule is CCCCC(OC(=O)c1ccccc1)C(=O)NC(C)C. The number of hydrogen-bond donors (Lipinski definition) is 1. The van der Waals surface area contributed by atoms with Crippen LogP contribution in [0.2, 0.25) is 0 Å². The highest BCUT2D eigenvalue weighted by molar-refractivity contribution is 5.92. The van der Waals surface area contributed by atoms with E-state index in [0.717, 1.165) is 12.8 Å². The first-order valence-electron chi connectivity index (χ1n) is 7.11. The molecular formula is C16H23NO3. The van der Waals surface area contributed by atoms with Crippen LogP contribution in [-0.2, 0) is 9.53 Å². The molecule has 1 atom stereocenters. The number of unbranched alkanes of at least 4 members (excludes halogenated alkanes) is 1. The van der Waals surface area contributed by atoms with Gasteiger partial charge in [-0.3, -0.25) is 4.79 Å². The fourth-order valence-corrected chi connectivity index (χ4v) is 1.78. The van der Waals surface area contributed by atoms with Crippen molar-refractivity contribution in [3.63, 3.8) is 0 Å². The van der Waals surface area contributed by atoms with Crippen molar-refractivity contribution in [3.8, 4) is 0 Å². The first-order valence-corrected chi connectivity index (χ1v) is 7.11. The number of carbonyl (C=O) groups excluding carboxylic acids is 2. The van der Waals surface area contributed by atoms with Crippen LogP contribution in [0.3, 0.4) is 0 Å². The lowest BCUT2D eigenvalue weighted by molar-refractivity contribution is -0.130. The predicted molar refractivity (Wildman–Crippen MR) is 78.4 cm³/mol. The number of ether oxygens (including phenoxy) is 1. The molecule has 1 rings (SSSR count). The molecule has 4 heteroatoms. The lowest BCUT2D eigenvalue weighted by Gasteiger charge is -2.19. The second kappa shape index (κ2) is 8.35. The third-order valence-electron chi connectivity index (χ3n) is 2.80. The molecule has 1 N–H and O–H groups in total. The molecule has 0 radical (unpaired) electrons. The topological polar surface area (TPSA) is 55.4 Å². The van der Waals surface area contributed by atoms with Gasteiger partial charge in [0.15, 0.2) is 6.10 Å². The van der Waals surface area contributed by atoms with Crippen molar-refractivity contribution < 1.29 is 14.3 Å². The van der Waals surface area contributed by atoms with Gasteiger partial charge in [0.1, 0.15) is 0 Å². The van der Waals surface area contributed by atoms with Crippen molar-refractivity contribution in [2.75, 3.05) is 0 Å². The Balaban J connectivity index is 2.68. The van der Waals surface area contributed by atoms with Crippen LogP contribution in [-0.4, -0.2) is 24.0 Å². The quantitative estimate of drug-likeness (QED) is 0.780. The summed E-state index contributed by atoms with van der Waals surface area (Å²) in [6.45, 7) is 5.80. The van der Waals surface area contributed by atoms with Gasteiger partial charge in [-0.2, -0.15) is 0 Å². The first kappa shape index (κ1) is 16.2. The minimum absolute atomic E-state index is 0.0297. The summed E-state index contributed by atoms with van der Waals surface area (Å²) in [4.78, 5) is 24.0. The van der Waals surface area contributed by atoms with Crippen molar-refractivity contribution in [1.82, 2.24) is 5.32 Å². The van der Waals surface area contributed by atoms with Gasteiger partial charge in [0, 0.05) is 6.04 Å². The molecule has 0 aromatic heterocycles. The second-order valence-corrected chi connectivity index (χ2v) is 5.07. The zero-order valence-corrected chi connectivity index (χ0v) is 12.4. The molecule has 4 nitrogen and oxygen atoms in total. The van der Waals surface area contributed by atoms with Crippen LogP contribution in [0.1, 0.15) is 50.4 Å². The lowest BCUT2D eigenvalue weighted by Crippen LogP contribution is -2.41. The van der Waals surface area contributed by atoms with Crippen molar-refractivity contribution >= 4 is 11.9 Å². The summed E-state index contributed by atoms with van der Waals surface area (Å²) in [5, 5.41) is 2.79. The van der Waals surface area contributed by atoms with E-state index in [9.17, 15) is 9.59 Å². The number of carbonyl (C=O) groups is 2. The van der Waals surface area contributed by atoms with Crippen molar-refractivity contribution in [2.45, 2.75) is 52.2 Å². The maximum absolute atomic E-state index is 12.0. The van der Waals surface area contributed by atoms with E-state index in [0.29, 0.717) is 12.0 Å². The van der Waals surface area contributed by atoms with Crippen LogP contribution in [0.25, 0.3) is 0 Å². The molecule has 1 aromatic rings. The number of amides is 1. The standard InChI is InChI=1S/C16H23NO3/c1-4-5-11-14(15(18)17-12(2)3)20-16(19)13-9-7-6-8-10-13/h6-10,12,14H,4-5,11H2,1-3H3,(H,17,18). The van der Waals surface area contributed by atoms with Crippen molar-refractivity contribution in [2.24, 2.45) is 0 Å². The van der Waals surface area contributed by atoms with E-state index >= 15 is 0 Å². The summed E-state index contributed by atoms with van der Waals surface area (Å²) in [6, 6.07) is 8.76. The summed E-state index contributed by atoms with van der Waals surface area (Å²) in [5.41, 5.74) is 0.464. The third-order valence-corrected chi connectivity index (χ3v) is 2.80. The average Bonchev–Trinajstić information content (AvgIpc) is 2.43. The van der Waals surface area contributed by atoms with E-state index in [1.807, 2.05) is 26.8 Å². The number of benzene rings is 1. The van der Waals surface area contributed by atoms with Gasteiger partial charge >= 0.3 is 5.97 Å². The van der Waals surface area contributed by atoms with E-state index in [4.69, 9.17) is 4.74 Å². The van der Waals surface area contributed by atoms with Crippen LogP contribution in [0.4, 0.5) is 0 Å². The molecule has 1 amide bonds. The second-order valence-electron chi connectivity index (χ2n) is 5.07. The molecule has 0 fully saturated rings. The van der Waals surface area contributed by atoms with Crippen LogP contribution < -0.4 is 5.32 Å². The lowest BCUT2D eigenvalue weighted by atomic mass is 10.1. The van der Waals surface area contributed by atoms with Crippen LogP contribution >= 0.6 is 0 Å². The molecule has 0 bridgehead atoms. The number of hydrogen-bond acceptors (Lipinski definition) is 3.